The number of alkyl halides is 1. The van der Waals surface area contributed by atoms with E-state index < -0.39 is 0 Å². The van der Waals surface area contributed by atoms with Crippen molar-refractivity contribution in [1.29, 1.82) is 0 Å². The molecule has 12 heavy (non-hydrogen) atoms. The lowest BCUT2D eigenvalue weighted by atomic mass is 10.4. The molecule has 1 aliphatic heterocycles. The summed E-state index contributed by atoms with van der Waals surface area (Å²) in [6, 6.07) is 0. The van der Waals surface area contributed by atoms with Gasteiger partial charge in [-0.3, -0.25) is 9.69 Å². The molecule has 2 heterocycles. The van der Waals surface area contributed by atoms with Crippen molar-refractivity contribution >= 4 is 38.3 Å². The maximum atomic E-state index is 11.4. The van der Waals surface area contributed by atoms with Crippen LogP contribution in [0.3, 0.4) is 0 Å². The summed E-state index contributed by atoms with van der Waals surface area (Å²) in [5, 5.41) is 2.69. The van der Waals surface area contributed by atoms with Gasteiger partial charge >= 0.3 is 0 Å². The Labute approximate surface area is 82.5 Å². The quantitative estimate of drug-likeness (QED) is 0.707. The molecule has 1 saturated heterocycles. The van der Waals surface area contributed by atoms with E-state index in [2.05, 4.69) is 20.9 Å². The minimum Gasteiger partial charge on any atom is -0.287 e. The molecule has 1 aliphatic rings. The molecule has 1 atom stereocenters. The first kappa shape index (κ1) is 8.19. The molecule has 0 N–H and O–H groups in total. The third kappa shape index (κ3) is 1.27. The van der Waals surface area contributed by atoms with Gasteiger partial charge in [-0.1, -0.05) is 15.9 Å². The molecule has 1 unspecified atom stereocenters. The fraction of sp³-hybridized carbons (Fsp3) is 0.429. The van der Waals surface area contributed by atoms with Crippen molar-refractivity contribution in [3.8, 4) is 0 Å². The monoisotopic (exact) mass is 246 g/mol. The third-order valence-corrected chi connectivity index (χ3v) is 3.43. The molecular weight excluding hydrogens is 240 g/mol. The molecule has 0 aromatic carbocycles. The van der Waals surface area contributed by atoms with E-state index in [4.69, 9.17) is 0 Å². The number of carbonyl (C=O) groups is 1. The normalized spacial score (nSPS) is 23.6. The highest BCUT2D eigenvalue weighted by molar-refractivity contribution is 9.10. The van der Waals surface area contributed by atoms with E-state index in [0.717, 1.165) is 18.1 Å². The summed E-state index contributed by atoms with van der Waals surface area (Å²) in [7, 11) is 0. The Hall–Kier alpha value is -0.420. The molecule has 1 amide bonds. The van der Waals surface area contributed by atoms with Crippen molar-refractivity contribution in [2.24, 2.45) is 0 Å². The number of anilines is 1. The zero-order valence-electron chi connectivity index (χ0n) is 6.24. The first-order valence-corrected chi connectivity index (χ1v) is 5.43. The van der Waals surface area contributed by atoms with Gasteiger partial charge in [0, 0.05) is 18.1 Å². The highest BCUT2D eigenvalue weighted by atomic mass is 79.9. The summed E-state index contributed by atoms with van der Waals surface area (Å²) in [6.45, 7) is 0.780. The number of amides is 1. The van der Waals surface area contributed by atoms with Crippen LogP contribution in [0, 0.1) is 0 Å². The molecule has 0 saturated carbocycles. The van der Waals surface area contributed by atoms with Crippen molar-refractivity contribution in [1.82, 2.24) is 4.98 Å². The zero-order chi connectivity index (χ0) is 8.55. The Morgan fingerprint density at radius 3 is 3.08 bits per heavy atom. The molecule has 1 aromatic heterocycles. The van der Waals surface area contributed by atoms with E-state index in [0.29, 0.717) is 0 Å². The van der Waals surface area contributed by atoms with E-state index in [1.165, 1.54) is 11.3 Å². The summed E-state index contributed by atoms with van der Waals surface area (Å²) in [5.41, 5.74) is 0. The van der Waals surface area contributed by atoms with E-state index in [1.807, 2.05) is 5.38 Å². The molecule has 5 heteroatoms. The van der Waals surface area contributed by atoms with Gasteiger partial charge < -0.3 is 0 Å². The lowest BCUT2D eigenvalue weighted by Gasteiger charge is -2.10. The highest BCUT2D eigenvalue weighted by Gasteiger charge is 2.31. The zero-order valence-corrected chi connectivity index (χ0v) is 8.64. The number of thiazole rings is 1. The van der Waals surface area contributed by atoms with Gasteiger partial charge in [0.15, 0.2) is 5.13 Å². The smallest absolute Gasteiger partial charge is 0.242 e. The van der Waals surface area contributed by atoms with Gasteiger partial charge in [-0.2, -0.15) is 0 Å². The summed E-state index contributed by atoms with van der Waals surface area (Å²) in [5.74, 6) is 0.130. The number of hydrogen-bond acceptors (Lipinski definition) is 3. The molecule has 1 aromatic rings. The van der Waals surface area contributed by atoms with Crippen LogP contribution in [0.25, 0.3) is 0 Å². The summed E-state index contributed by atoms with van der Waals surface area (Å²) in [6.07, 6.45) is 2.59. The Morgan fingerprint density at radius 2 is 2.58 bits per heavy atom. The lowest BCUT2D eigenvalue weighted by molar-refractivity contribution is -0.116. The summed E-state index contributed by atoms with van der Waals surface area (Å²) >= 11 is 4.81. The van der Waals surface area contributed by atoms with Crippen molar-refractivity contribution in [2.45, 2.75) is 11.2 Å². The van der Waals surface area contributed by atoms with Gasteiger partial charge in [0.1, 0.15) is 0 Å². The first-order chi connectivity index (χ1) is 5.79. The summed E-state index contributed by atoms with van der Waals surface area (Å²) < 4.78 is 0. The molecule has 0 radical (unpaired) electrons. The minimum atomic E-state index is -0.0126. The predicted octanol–water partition coefficient (Wildman–Crippen LogP) is 1.64. The average molecular weight is 247 g/mol. The van der Waals surface area contributed by atoms with E-state index in [9.17, 15) is 4.79 Å². The Balaban J connectivity index is 2.22. The van der Waals surface area contributed by atoms with Crippen molar-refractivity contribution in [3.05, 3.63) is 11.6 Å². The topological polar surface area (TPSA) is 33.2 Å². The second-order valence-electron chi connectivity index (χ2n) is 2.56. The first-order valence-electron chi connectivity index (χ1n) is 3.64. The molecule has 0 bridgehead atoms. The van der Waals surface area contributed by atoms with E-state index in [1.54, 1.807) is 11.1 Å². The van der Waals surface area contributed by atoms with Crippen LogP contribution in [-0.2, 0) is 4.79 Å². The molecule has 64 valence electrons. The van der Waals surface area contributed by atoms with E-state index >= 15 is 0 Å². The molecule has 3 nitrogen and oxygen atoms in total. The van der Waals surface area contributed by atoms with Crippen LogP contribution in [0.4, 0.5) is 5.13 Å². The van der Waals surface area contributed by atoms with Gasteiger partial charge in [0.25, 0.3) is 0 Å². The number of nitrogens with zero attached hydrogens (tertiary/aromatic N) is 2. The average Bonchev–Trinajstić information content (AvgIpc) is 2.64. The second-order valence-corrected chi connectivity index (χ2v) is 4.54. The van der Waals surface area contributed by atoms with Crippen molar-refractivity contribution in [3.63, 3.8) is 0 Å². The highest BCUT2D eigenvalue weighted by Crippen LogP contribution is 2.26. The molecule has 0 aliphatic carbocycles. The van der Waals surface area contributed by atoms with Crippen molar-refractivity contribution < 1.29 is 4.79 Å². The SMILES string of the molecule is O=C1C(Br)CCN1c1nccs1. The molecule has 0 spiro atoms. The van der Waals surface area contributed by atoms with Gasteiger partial charge in [-0.05, 0) is 6.42 Å². The molecule has 1 fully saturated rings. The molecular formula is C7H7BrN2OS. The maximum absolute atomic E-state index is 11.4. The van der Waals surface area contributed by atoms with Gasteiger partial charge in [0.2, 0.25) is 5.91 Å². The van der Waals surface area contributed by atoms with Gasteiger partial charge in [0.05, 0.1) is 4.83 Å². The van der Waals surface area contributed by atoms with Crippen LogP contribution in [0.5, 0.6) is 0 Å². The van der Waals surface area contributed by atoms with Crippen molar-refractivity contribution in [2.75, 3.05) is 11.4 Å². The fourth-order valence-corrected chi connectivity index (χ4v) is 2.31. The van der Waals surface area contributed by atoms with Crippen LogP contribution < -0.4 is 4.90 Å². The second kappa shape index (κ2) is 3.14. The Bertz CT molecular complexity index is 288. The van der Waals surface area contributed by atoms with Crippen LogP contribution >= 0.6 is 27.3 Å². The van der Waals surface area contributed by atoms with Gasteiger partial charge in [-0.15, -0.1) is 11.3 Å². The number of halogens is 1. The van der Waals surface area contributed by atoms with Crippen LogP contribution in [0.15, 0.2) is 11.6 Å². The van der Waals surface area contributed by atoms with Crippen LogP contribution in [0.1, 0.15) is 6.42 Å². The fourth-order valence-electron chi connectivity index (χ4n) is 1.18. The Kier molecular flexibility index (Phi) is 2.14. The van der Waals surface area contributed by atoms with Crippen LogP contribution in [0.2, 0.25) is 0 Å². The summed E-state index contributed by atoms with van der Waals surface area (Å²) in [4.78, 5) is 17.2. The third-order valence-electron chi connectivity index (χ3n) is 1.79. The largest absolute Gasteiger partial charge is 0.287 e. The Morgan fingerprint density at radius 1 is 1.75 bits per heavy atom. The molecule has 2 rings (SSSR count). The van der Waals surface area contributed by atoms with Gasteiger partial charge in [-0.25, -0.2) is 4.98 Å². The minimum absolute atomic E-state index is 0.0126. The lowest BCUT2D eigenvalue weighted by Crippen LogP contribution is -2.26. The van der Waals surface area contributed by atoms with E-state index in [-0.39, 0.29) is 10.7 Å². The number of carbonyl (C=O) groups excluding carboxylic acids is 1. The van der Waals surface area contributed by atoms with Crippen LogP contribution in [-0.4, -0.2) is 22.3 Å². The number of rotatable bonds is 1. The predicted molar refractivity (Wildman–Crippen MR) is 51.8 cm³/mol. The maximum Gasteiger partial charge on any atom is 0.242 e. The number of aromatic nitrogens is 1. The number of hydrogen-bond donors (Lipinski definition) is 0. The standard InChI is InChI=1S/C7H7BrN2OS/c8-5-1-3-10(6(5)11)7-9-2-4-12-7/h2,4-5H,1,3H2.